The number of benzene rings is 4. The fourth-order valence-corrected chi connectivity index (χ4v) is 6.37. The van der Waals surface area contributed by atoms with Crippen LogP contribution in [0.3, 0.4) is 0 Å². The van der Waals surface area contributed by atoms with Gasteiger partial charge in [0.25, 0.3) is 0 Å². The number of ether oxygens (including phenoxy) is 1. The largest absolute Gasteiger partial charge is 0.497 e. The van der Waals surface area contributed by atoms with Crippen molar-refractivity contribution < 1.29 is 26.9 Å². The van der Waals surface area contributed by atoms with Crippen LogP contribution in [0.4, 0.5) is 28.9 Å². The highest BCUT2D eigenvalue weighted by molar-refractivity contribution is 7.85. The summed E-state index contributed by atoms with van der Waals surface area (Å²) in [6.45, 7) is 0. The van der Waals surface area contributed by atoms with Crippen molar-refractivity contribution in [2.24, 2.45) is 0 Å². The van der Waals surface area contributed by atoms with Gasteiger partial charge >= 0.3 is 0 Å². The summed E-state index contributed by atoms with van der Waals surface area (Å²) in [6.07, 6.45) is 0. The molecule has 0 spiro atoms. The number of methoxy groups -OCH3 is 1. The standard InChI is InChI=1S/C25H18F4NO2P/c1-32-17-14-12-16(13-15-17)30-24-22(28)20(26)21(27)23(29)25(24)33(31,18-8-4-2-5-9-18)19-10-6-3-7-11-19/h2-15,30H,1H3. The Balaban J connectivity index is 2.04. The Morgan fingerprint density at radius 1 is 0.667 bits per heavy atom. The Morgan fingerprint density at radius 2 is 1.15 bits per heavy atom. The lowest BCUT2D eigenvalue weighted by atomic mass is 10.2. The third-order valence-electron chi connectivity index (χ3n) is 5.16. The molecule has 3 nitrogen and oxygen atoms in total. The molecule has 8 heteroatoms. The van der Waals surface area contributed by atoms with E-state index in [9.17, 15) is 13.3 Å². The van der Waals surface area contributed by atoms with Crippen molar-refractivity contribution in [1.29, 1.82) is 0 Å². The van der Waals surface area contributed by atoms with Crippen LogP contribution in [0.1, 0.15) is 0 Å². The van der Waals surface area contributed by atoms with Crippen LogP contribution in [0.25, 0.3) is 0 Å². The van der Waals surface area contributed by atoms with Gasteiger partial charge in [0.05, 0.1) is 18.1 Å². The molecule has 0 amide bonds. The van der Waals surface area contributed by atoms with Crippen molar-refractivity contribution >= 4 is 34.4 Å². The van der Waals surface area contributed by atoms with Crippen LogP contribution in [0.5, 0.6) is 5.75 Å². The summed E-state index contributed by atoms with van der Waals surface area (Å²) in [6, 6.07) is 21.6. The minimum atomic E-state index is -4.19. The molecule has 0 heterocycles. The maximum absolute atomic E-state index is 15.4. The zero-order chi connectivity index (χ0) is 23.6. The van der Waals surface area contributed by atoms with E-state index in [1.807, 2.05) is 0 Å². The molecule has 0 saturated heterocycles. The Bertz CT molecular complexity index is 1290. The van der Waals surface area contributed by atoms with Crippen LogP contribution >= 0.6 is 7.14 Å². The number of hydrogen-bond acceptors (Lipinski definition) is 3. The topological polar surface area (TPSA) is 38.3 Å². The second-order valence-corrected chi connectivity index (χ2v) is 9.81. The Hall–Kier alpha value is -3.57. The molecule has 0 atom stereocenters. The molecule has 0 aliphatic rings. The minimum absolute atomic E-state index is 0.137. The molecule has 0 unspecified atom stereocenters. The van der Waals surface area contributed by atoms with Gasteiger partial charge in [0.15, 0.2) is 30.4 Å². The first kappa shape index (κ1) is 22.6. The van der Waals surface area contributed by atoms with Gasteiger partial charge in [0, 0.05) is 16.3 Å². The molecule has 4 aromatic carbocycles. The zero-order valence-electron chi connectivity index (χ0n) is 17.4. The van der Waals surface area contributed by atoms with Crippen molar-refractivity contribution in [3.05, 3.63) is 108 Å². The van der Waals surface area contributed by atoms with Gasteiger partial charge in [0.1, 0.15) is 5.75 Å². The predicted octanol–water partition coefficient (Wildman–Crippen LogP) is 5.63. The highest BCUT2D eigenvalue weighted by Gasteiger charge is 2.39. The molecule has 0 saturated carbocycles. The van der Waals surface area contributed by atoms with Gasteiger partial charge < -0.3 is 14.6 Å². The van der Waals surface area contributed by atoms with Gasteiger partial charge in [-0.1, -0.05) is 60.7 Å². The number of hydrogen-bond donors (Lipinski definition) is 1. The molecule has 0 radical (unpaired) electrons. The van der Waals surface area contributed by atoms with Crippen LogP contribution in [0.2, 0.25) is 0 Å². The van der Waals surface area contributed by atoms with Crippen molar-refractivity contribution in [2.45, 2.75) is 0 Å². The molecule has 0 aliphatic heterocycles. The van der Waals surface area contributed by atoms with E-state index in [2.05, 4.69) is 5.32 Å². The number of halogens is 4. The predicted molar refractivity (Wildman–Crippen MR) is 122 cm³/mol. The average Bonchev–Trinajstić information content (AvgIpc) is 2.87. The minimum Gasteiger partial charge on any atom is -0.497 e. The van der Waals surface area contributed by atoms with Crippen LogP contribution in [-0.2, 0) is 4.57 Å². The molecule has 0 aliphatic carbocycles. The normalized spacial score (nSPS) is 11.3. The lowest BCUT2D eigenvalue weighted by Crippen LogP contribution is -2.31. The summed E-state index contributed by atoms with van der Waals surface area (Å²) in [5.74, 6) is -6.93. The summed E-state index contributed by atoms with van der Waals surface area (Å²) >= 11 is 0. The number of nitrogens with one attached hydrogen (secondary N) is 1. The van der Waals surface area contributed by atoms with Gasteiger partial charge in [-0.3, -0.25) is 0 Å². The van der Waals surface area contributed by atoms with E-state index >= 15 is 8.78 Å². The molecule has 1 N–H and O–H groups in total. The third kappa shape index (κ3) is 4.00. The van der Waals surface area contributed by atoms with E-state index in [1.54, 1.807) is 48.5 Å². The number of rotatable bonds is 6. The second kappa shape index (κ2) is 9.12. The Labute approximate surface area is 188 Å². The van der Waals surface area contributed by atoms with Gasteiger partial charge in [0.2, 0.25) is 0 Å². The molecule has 0 aromatic heterocycles. The van der Waals surface area contributed by atoms with Gasteiger partial charge in [-0.15, -0.1) is 0 Å². The van der Waals surface area contributed by atoms with Gasteiger partial charge in [-0.25, -0.2) is 17.6 Å². The van der Waals surface area contributed by atoms with Gasteiger partial charge in [-0.2, -0.15) is 0 Å². The maximum Gasteiger partial charge on any atom is 0.199 e. The van der Waals surface area contributed by atoms with Gasteiger partial charge in [-0.05, 0) is 24.3 Å². The maximum atomic E-state index is 15.4. The Morgan fingerprint density at radius 3 is 1.64 bits per heavy atom. The van der Waals surface area contributed by atoms with Crippen LogP contribution in [0, 0.1) is 23.3 Å². The number of anilines is 2. The van der Waals surface area contributed by atoms with E-state index in [-0.39, 0.29) is 16.3 Å². The van der Waals surface area contributed by atoms with Crippen molar-refractivity contribution in [2.75, 3.05) is 12.4 Å². The van der Waals surface area contributed by atoms with E-state index in [4.69, 9.17) is 4.74 Å². The fourth-order valence-electron chi connectivity index (χ4n) is 3.53. The Kier molecular flexibility index (Phi) is 6.25. The lowest BCUT2D eigenvalue weighted by Gasteiger charge is -2.24. The highest BCUT2D eigenvalue weighted by atomic mass is 31.2. The third-order valence-corrected chi connectivity index (χ3v) is 8.26. The van der Waals surface area contributed by atoms with Crippen LogP contribution < -0.4 is 26.0 Å². The summed E-state index contributed by atoms with van der Waals surface area (Å²) < 4.78 is 79.0. The summed E-state index contributed by atoms with van der Waals surface area (Å²) in [5, 5.41) is 2.09. The van der Waals surface area contributed by atoms with E-state index < -0.39 is 41.4 Å². The molecule has 0 bridgehead atoms. The SMILES string of the molecule is COc1ccc(Nc2c(F)c(F)c(F)c(F)c2P(=O)(c2ccccc2)c2ccccc2)cc1. The zero-order valence-corrected chi connectivity index (χ0v) is 18.3. The highest BCUT2D eigenvalue weighted by Crippen LogP contribution is 2.47. The summed E-state index contributed by atoms with van der Waals surface area (Å²) in [7, 11) is -2.73. The summed E-state index contributed by atoms with van der Waals surface area (Å²) in [5.41, 5.74) is -0.512. The first-order valence-electron chi connectivity index (χ1n) is 9.86. The molecule has 4 aromatic rings. The quantitative estimate of drug-likeness (QED) is 0.171. The van der Waals surface area contributed by atoms with Crippen molar-refractivity contribution in [1.82, 2.24) is 0 Å². The van der Waals surface area contributed by atoms with Crippen molar-refractivity contribution in [3.8, 4) is 5.75 Å². The van der Waals surface area contributed by atoms with E-state index in [0.717, 1.165) is 0 Å². The van der Waals surface area contributed by atoms with E-state index in [0.29, 0.717) is 5.75 Å². The molecule has 0 fully saturated rings. The van der Waals surface area contributed by atoms with Crippen LogP contribution in [-0.4, -0.2) is 7.11 Å². The van der Waals surface area contributed by atoms with E-state index in [1.165, 1.54) is 43.5 Å². The lowest BCUT2D eigenvalue weighted by molar-refractivity contribution is 0.414. The average molecular weight is 471 g/mol. The molecular weight excluding hydrogens is 453 g/mol. The molecule has 33 heavy (non-hydrogen) atoms. The van der Waals surface area contributed by atoms with Crippen LogP contribution in [0.15, 0.2) is 84.9 Å². The fraction of sp³-hybridized carbons (Fsp3) is 0.0400. The molecular formula is C25H18F4NO2P. The molecule has 168 valence electrons. The smallest absolute Gasteiger partial charge is 0.199 e. The molecule has 4 rings (SSSR count). The second-order valence-electron chi connectivity index (χ2n) is 7.11. The summed E-state index contributed by atoms with van der Waals surface area (Å²) in [4.78, 5) is 0. The van der Waals surface area contributed by atoms with Crippen molar-refractivity contribution in [3.63, 3.8) is 0 Å². The monoisotopic (exact) mass is 471 g/mol. The first-order valence-corrected chi connectivity index (χ1v) is 11.6. The first-order chi connectivity index (χ1) is 15.9.